The number of rotatable bonds is 2. The van der Waals surface area contributed by atoms with E-state index in [9.17, 15) is 13.2 Å². The van der Waals surface area contributed by atoms with Crippen LogP contribution in [0.2, 0.25) is 0 Å². The highest BCUT2D eigenvalue weighted by molar-refractivity contribution is 5.56. The average molecular weight is 227 g/mol. The number of aliphatic hydroxyl groups excluding tert-OH is 1. The molecule has 0 aliphatic heterocycles. The number of nitrogens with zero attached hydrogens (tertiary/aromatic N) is 1. The molecule has 1 N–H and O–H groups in total. The number of allylic oxidation sites excluding steroid dienone is 1. The smallest absolute Gasteiger partial charge is 0.392 e. The van der Waals surface area contributed by atoms with Crippen molar-refractivity contribution in [3.05, 3.63) is 41.0 Å². The van der Waals surface area contributed by atoms with Crippen molar-refractivity contribution in [1.82, 2.24) is 0 Å². The van der Waals surface area contributed by atoms with E-state index < -0.39 is 18.3 Å². The fourth-order valence-electron chi connectivity index (χ4n) is 1.21. The maximum Gasteiger partial charge on any atom is 0.416 e. The summed E-state index contributed by atoms with van der Waals surface area (Å²) in [7, 11) is 0. The summed E-state index contributed by atoms with van der Waals surface area (Å²) in [6.07, 6.45) is -1.94. The molecule has 16 heavy (non-hydrogen) atoms. The van der Waals surface area contributed by atoms with E-state index >= 15 is 0 Å². The van der Waals surface area contributed by atoms with Crippen LogP contribution in [0.3, 0.4) is 0 Å². The minimum absolute atomic E-state index is 0.140. The number of halogens is 3. The van der Waals surface area contributed by atoms with Crippen LogP contribution in [0.5, 0.6) is 0 Å². The first-order chi connectivity index (χ1) is 7.49. The van der Waals surface area contributed by atoms with Gasteiger partial charge in [0.25, 0.3) is 0 Å². The first-order valence-electron chi connectivity index (χ1n) is 4.36. The highest BCUT2D eigenvalue weighted by atomic mass is 19.4. The molecule has 1 rings (SSSR count). The van der Waals surface area contributed by atoms with Crippen LogP contribution in [0.4, 0.5) is 13.2 Å². The summed E-state index contributed by atoms with van der Waals surface area (Å²) in [4.78, 5) is 0. The zero-order valence-corrected chi connectivity index (χ0v) is 8.12. The normalized spacial score (nSPS) is 11.7. The predicted molar refractivity (Wildman–Crippen MR) is 52.0 cm³/mol. The van der Waals surface area contributed by atoms with Gasteiger partial charge in [-0.2, -0.15) is 18.4 Å². The molecule has 0 radical (unpaired) electrons. The Balaban J connectivity index is 3.18. The van der Waals surface area contributed by atoms with E-state index in [1.807, 2.05) is 0 Å². The molecule has 0 aliphatic rings. The van der Waals surface area contributed by atoms with Crippen molar-refractivity contribution in [3.8, 4) is 6.07 Å². The van der Waals surface area contributed by atoms with E-state index in [0.29, 0.717) is 5.56 Å². The minimum atomic E-state index is -4.43. The molecule has 84 valence electrons. The molecule has 0 aromatic heterocycles. The summed E-state index contributed by atoms with van der Waals surface area (Å²) >= 11 is 0. The summed E-state index contributed by atoms with van der Waals surface area (Å²) in [5, 5.41) is 17.2. The second kappa shape index (κ2) is 4.81. The van der Waals surface area contributed by atoms with Gasteiger partial charge in [0, 0.05) is 6.08 Å². The zero-order chi connectivity index (χ0) is 12.2. The van der Waals surface area contributed by atoms with Crippen LogP contribution < -0.4 is 0 Å². The molecular formula is C11H8F3NO. The Morgan fingerprint density at radius 3 is 2.56 bits per heavy atom. The molecule has 5 heteroatoms. The van der Waals surface area contributed by atoms with Gasteiger partial charge in [-0.05, 0) is 29.3 Å². The molecule has 0 bridgehead atoms. The number of benzene rings is 1. The molecule has 0 heterocycles. The number of hydrogen-bond donors (Lipinski definition) is 1. The van der Waals surface area contributed by atoms with Crippen LogP contribution in [-0.2, 0) is 12.8 Å². The lowest BCUT2D eigenvalue weighted by Gasteiger charge is -2.09. The topological polar surface area (TPSA) is 44.0 Å². The molecule has 1 aromatic rings. The third kappa shape index (κ3) is 2.84. The van der Waals surface area contributed by atoms with E-state index in [0.717, 1.165) is 18.2 Å². The third-order valence-corrected chi connectivity index (χ3v) is 1.98. The van der Waals surface area contributed by atoms with E-state index in [2.05, 4.69) is 0 Å². The summed E-state index contributed by atoms with van der Waals surface area (Å²) in [5.74, 6) is 0. The van der Waals surface area contributed by atoms with Gasteiger partial charge in [-0.1, -0.05) is 6.07 Å². The van der Waals surface area contributed by atoms with Crippen LogP contribution in [0, 0.1) is 11.3 Å². The number of nitriles is 1. The summed E-state index contributed by atoms with van der Waals surface area (Å²) in [5.41, 5.74) is -0.274. The molecule has 0 atom stereocenters. The lowest BCUT2D eigenvalue weighted by atomic mass is 10.0. The van der Waals surface area contributed by atoms with Gasteiger partial charge in [0.1, 0.15) is 0 Å². The molecule has 0 spiro atoms. The highest BCUT2D eigenvalue weighted by Crippen LogP contribution is 2.30. The van der Waals surface area contributed by atoms with E-state index in [-0.39, 0.29) is 5.56 Å². The Morgan fingerprint density at radius 2 is 2.06 bits per heavy atom. The summed E-state index contributed by atoms with van der Waals surface area (Å²) in [6, 6.07) is 4.74. The Hall–Kier alpha value is -1.80. The van der Waals surface area contributed by atoms with Crippen LogP contribution >= 0.6 is 0 Å². The van der Waals surface area contributed by atoms with Crippen LogP contribution in [0.25, 0.3) is 6.08 Å². The average Bonchev–Trinajstić information content (AvgIpc) is 2.24. The quantitative estimate of drug-likeness (QED) is 0.789. The van der Waals surface area contributed by atoms with Gasteiger partial charge in [-0.3, -0.25) is 0 Å². The van der Waals surface area contributed by atoms with Gasteiger partial charge < -0.3 is 5.11 Å². The Morgan fingerprint density at radius 1 is 1.38 bits per heavy atom. The van der Waals surface area contributed by atoms with Gasteiger partial charge in [-0.25, -0.2) is 0 Å². The van der Waals surface area contributed by atoms with Crippen LogP contribution in [0.1, 0.15) is 16.7 Å². The highest BCUT2D eigenvalue weighted by Gasteiger charge is 2.30. The SMILES string of the molecule is N#CC=Cc1ccc(C(F)(F)F)cc1CO. The summed E-state index contributed by atoms with van der Waals surface area (Å²) in [6.45, 7) is -0.505. The van der Waals surface area contributed by atoms with Crippen LogP contribution in [0.15, 0.2) is 24.3 Å². The van der Waals surface area contributed by atoms with E-state index in [1.54, 1.807) is 6.07 Å². The number of hydrogen-bond acceptors (Lipinski definition) is 2. The van der Waals surface area contributed by atoms with Crippen molar-refractivity contribution in [1.29, 1.82) is 5.26 Å². The van der Waals surface area contributed by atoms with Crippen molar-refractivity contribution in [2.45, 2.75) is 12.8 Å². The molecule has 0 saturated carbocycles. The van der Waals surface area contributed by atoms with Crippen LogP contribution in [-0.4, -0.2) is 5.11 Å². The van der Waals surface area contributed by atoms with Crippen molar-refractivity contribution in [3.63, 3.8) is 0 Å². The molecule has 0 unspecified atom stereocenters. The van der Waals surface area contributed by atoms with Gasteiger partial charge in [0.05, 0.1) is 18.2 Å². The van der Waals surface area contributed by atoms with E-state index in [1.165, 1.54) is 12.1 Å². The van der Waals surface area contributed by atoms with Gasteiger partial charge in [0.15, 0.2) is 0 Å². The molecule has 1 aromatic carbocycles. The third-order valence-electron chi connectivity index (χ3n) is 1.98. The van der Waals surface area contributed by atoms with E-state index in [4.69, 9.17) is 10.4 Å². The fourth-order valence-corrected chi connectivity index (χ4v) is 1.21. The first kappa shape index (κ1) is 12.3. The van der Waals surface area contributed by atoms with Crippen molar-refractivity contribution >= 4 is 6.08 Å². The van der Waals surface area contributed by atoms with Gasteiger partial charge >= 0.3 is 6.18 Å². The largest absolute Gasteiger partial charge is 0.416 e. The van der Waals surface area contributed by atoms with Gasteiger partial charge in [-0.15, -0.1) is 0 Å². The maximum absolute atomic E-state index is 12.3. The number of alkyl halides is 3. The Kier molecular flexibility index (Phi) is 3.69. The van der Waals surface area contributed by atoms with Gasteiger partial charge in [0.2, 0.25) is 0 Å². The Bertz CT molecular complexity index is 444. The molecule has 0 aliphatic carbocycles. The molecule has 0 amide bonds. The first-order valence-corrected chi connectivity index (χ1v) is 4.36. The standard InChI is InChI=1S/C11H8F3NO/c12-11(13,14)10-4-3-8(2-1-5-15)9(6-10)7-16/h1-4,6,16H,7H2. The van der Waals surface area contributed by atoms with Crippen molar-refractivity contribution in [2.75, 3.05) is 0 Å². The lowest BCUT2D eigenvalue weighted by molar-refractivity contribution is -0.137. The fraction of sp³-hybridized carbons (Fsp3) is 0.182. The number of aliphatic hydroxyl groups is 1. The second-order valence-corrected chi connectivity index (χ2v) is 3.03. The molecule has 0 saturated heterocycles. The lowest BCUT2D eigenvalue weighted by Crippen LogP contribution is -2.06. The molecule has 2 nitrogen and oxygen atoms in total. The second-order valence-electron chi connectivity index (χ2n) is 3.03. The minimum Gasteiger partial charge on any atom is -0.392 e. The monoisotopic (exact) mass is 227 g/mol. The zero-order valence-electron chi connectivity index (χ0n) is 8.12. The molecular weight excluding hydrogens is 219 g/mol. The maximum atomic E-state index is 12.3. The molecule has 0 fully saturated rings. The Labute approximate surface area is 90.2 Å². The van der Waals surface area contributed by atoms with Crippen molar-refractivity contribution in [2.24, 2.45) is 0 Å². The predicted octanol–water partition coefficient (Wildman–Crippen LogP) is 2.73. The summed E-state index contributed by atoms with van der Waals surface area (Å²) < 4.78 is 37.0. The van der Waals surface area contributed by atoms with Crippen molar-refractivity contribution < 1.29 is 18.3 Å².